The van der Waals surface area contributed by atoms with Crippen molar-refractivity contribution in [1.82, 2.24) is 9.80 Å². The molecule has 0 aliphatic carbocycles. The second-order valence-electron chi connectivity index (χ2n) is 8.08. The lowest BCUT2D eigenvalue weighted by Crippen LogP contribution is -2.52. The molecule has 3 aromatic rings. The molecule has 0 radical (unpaired) electrons. The summed E-state index contributed by atoms with van der Waals surface area (Å²) < 4.78 is 0. The summed E-state index contributed by atoms with van der Waals surface area (Å²) in [6.07, 6.45) is 0.265. The van der Waals surface area contributed by atoms with Gasteiger partial charge in [-0.15, -0.1) is 0 Å². The van der Waals surface area contributed by atoms with E-state index in [4.69, 9.17) is 0 Å². The molecule has 2 aliphatic rings. The maximum absolute atomic E-state index is 13.3. The van der Waals surface area contributed by atoms with Gasteiger partial charge in [0.2, 0.25) is 5.91 Å². The average Bonchev–Trinajstić information content (AvgIpc) is 3.08. The van der Waals surface area contributed by atoms with Crippen LogP contribution in [0.5, 0.6) is 0 Å². The van der Waals surface area contributed by atoms with Crippen LogP contribution in [0.15, 0.2) is 72.8 Å². The molecular weight excluding hydrogens is 374 g/mol. The Kier molecular flexibility index (Phi) is 5.07. The molecule has 0 N–H and O–H groups in total. The maximum atomic E-state index is 13.3. The molecule has 0 spiro atoms. The number of nitrogens with zero attached hydrogens (tertiary/aromatic N) is 3. The van der Waals surface area contributed by atoms with Crippen LogP contribution in [0, 0.1) is 0 Å². The van der Waals surface area contributed by atoms with Gasteiger partial charge in [0.1, 0.15) is 0 Å². The van der Waals surface area contributed by atoms with Gasteiger partial charge in [-0.2, -0.15) is 0 Å². The van der Waals surface area contributed by atoms with Crippen molar-refractivity contribution < 1.29 is 9.59 Å². The molecule has 30 heavy (non-hydrogen) atoms. The third-order valence-corrected chi connectivity index (χ3v) is 6.23. The zero-order valence-electron chi connectivity index (χ0n) is 16.9. The lowest BCUT2D eigenvalue weighted by atomic mass is 10.1. The Labute approximate surface area is 176 Å². The molecule has 2 fully saturated rings. The van der Waals surface area contributed by atoms with Gasteiger partial charge in [-0.25, -0.2) is 4.90 Å². The van der Waals surface area contributed by atoms with Crippen molar-refractivity contribution in [3.05, 3.63) is 78.4 Å². The minimum atomic E-state index is -0.352. The first-order valence-electron chi connectivity index (χ1n) is 10.6. The number of carbonyl (C=O) groups is 2. The second-order valence-corrected chi connectivity index (χ2v) is 8.08. The van der Waals surface area contributed by atoms with Crippen LogP contribution in [0.3, 0.4) is 0 Å². The van der Waals surface area contributed by atoms with E-state index in [-0.39, 0.29) is 24.3 Å². The minimum Gasteiger partial charge on any atom is -0.297 e. The van der Waals surface area contributed by atoms with Crippen LogP contribution < -0.4 is 4.90 Å². The average molecular weight is 399 g/mol. The Morgan fingerprint density at radius 2 is 1.47 bits per heavy atom. The van der Waals surface area contributed by atoms with Crippen LogP contribution in [0.25, 0.3) is 10.8 Å². The molecule has 1 atom stereocenters. The van der Waals surface area contributed by atoms with Crippen LogP contribution in [0.2, 0.25) is 0 Å². The van der Waals surface area contributed by atoms with Crippen LogP contribution in [0.4, 0.5) is 5.69 Å². The number of benzene rings is 3. The van der Waals surface area contributed by atoms with E-state index in [1.54, 1.807) is 0 Å². The highest BCUT2D eigenvalue weighted by Crippen LogP contribution is 2.32. The van der Waals surface area contributed by atoms with Crippen molar-refractivity contribution in [2.75, 3.05) is 31.1 Å². The van der Waals surface area contributed by atoms with Gasteiger partial charge in [-0.3, -0.25) is 19.4 Å². The third-order valence-electron chi connectivity index (χ3n) is 6.23. The van der Waals surface area contributed by atoms with E-state index in [0.717, 1.165) is 43.5 Å². The van der Waals surface area contributed by atoms with E-state index in [1.807, 2.05) is 48.5 Å². The number of anilines is 1. The van der Waals surface area contributed by atoms with Gasteiger partial charge in [-0.1, -0.05) is 66.7 Å². The Balaban J connectivity index is 1.29. The number of hydrogen-bond donors (Lipinski definition) is 0. The van der Waals surface area contributed by atoms with Crippen molar-refractivity contribution in [2.24, 2.45) is 0 Å². The first-order chi connectivity index (χ1) is 14.7. The number of piperazine rings is 1. The van der Waals surface area contributed by atoms with Gasteiger partial charge < -0.3 is 0 Å². The quantitative estimate of drug-likeness (QED) is 0.632. The molecule has 0 saturated carbocycles. The number of rotatable bonds is 4. The topological polar surface area (TPSA) is 43.9 Å². The summed E-state index contributed by atoms with van der Waals surface area (Å²) >= 11 is 0. The molecule has 5 heteroatoms. The molecule has 2 amide bonds. The minimum absolute atomic E-state index is 0.0899. The first kappa shape index (κ1) is 19.0. The fraction of sp³-hybridized carbons (Fsp3) is 0.280. The molecule has 0 bridgehead atoms. The fourth-order valence-electron chi connectivity index (χ4n) is 4.63. The number of hydrogen-bond acceptors (Lipinski definition) is 4. The third kappa shape index (κ3) is 3.51. The van der Waals surface area contributed by atoms with Crippen LogP contribution in [-0.4, -0.2) is 53.8 Å². The highest BCUT2D eigenvalue weighted by Gasteiger charge is 2.43. The molecule has 2 heterocycles. The van der Waals surface area contributed by atoms with E-state index >= 15 is 0 Å². The molecule has 5 rings (SSSR count). The number of imide groups is 1. The van der Waals surface area contributed by atoms with Gasteiger partial charge >= 0.3 is 0 Å². The number of carbonyl (C=O) groups excluding carboxylic acids is 2. The van der Waals surface area contributed by atoms with Crippen LogP contribution in [-0.2, 0) is 16.1 Å². The summed E-state index contributed by atoms with van der Waals surface area (Å²) in [4.78, 5) is 32.1. The van der Waals surface area contributed by atoms with Crippen molar-refractivity contribution >= 4 is 28.3 Å². The lowest BCUT2D eigenvalue weighted by Gasteiger charge is -2.37. The van der Waals surface area contributed by atoms with Crippen molar-refractivity contribution in [3.8, 4) is 0 Å². The predicted octanol–water partition coefficient (Wildman–Crippen LogP) is 3.29. The van der Waals surface area contributed by atoms with Gasteiger partial charge in [0, 0.05) is 38.1 Å². The largest absolute Gasteiger partial charge is 0.297 e. The normalized spacial score (nSPS) is 20.9. The van der Waals surface area contributed by atoms with Gasteiger partial charge in [0.05, 0.1) is 18.2 Å². The van der Waals surface area contributed by atoms with Gasteiger partial charge in [-0.05, 0) is 17.0 Å². The molecule has 2 aliphatic heterocycles. The molecule has 152 valence electrons. The van der Waals surface area contributed by atoms with E-state index in [0.29, 0.717) is 5.69 Å². The van der Waals surface area contributed by atoms with Crippen molar-refractivity contribution in [2.45, 2.75) is 19.0 Å². The summed E-state index contributed by atoms with van der Waals surface area (Å²) in [5, 5.41) is 1.98. The number of fused-ring (bicyclic) bond motifs is 1. The molecule has 3 aromatic carbocycles. The Bertz CT molecular complexity index is 1070. The van der Waals surface area contributed by atoms with E-state index in [1.165, 1.54) is 10.5 Å². The van der Waals surface area contributed by atoms with E-state index in [9.17, 15) is 9.59 Å². The predicted molar refractivity (Wildman–Crippen MR) is 118 cm³/mol. The summed E-state index contributed by atoms with van der Waals surface area (Å²) in [7, 11) is 0. The summed E-state index contributed by atoms with van der Waals surface area (Å²) in [5.74, 6) is -0.194. The zero-order chi connectivity index (χ0) is 20.5. The van der Waals surface area contributed by atoms with Crippen molar-refractivity contribution in [3.63, 3.8) is 0 Å². The highest BCUT2D eigenvalue weighted by atomic mass is 16.2. The fourth-order valence-corrected chi connectivity index (χ4v) is 4.63. The molecule has 0 aromatic heterocycles. The van der Waals surface area contributed by atoms with E-state index in [2.05, 4.69) is 34.1 Å². The van der Waals surface area contributed by atoms with E-state index < -0.39 is 0 Å². The Morgan fingerprint density at radius 3 is 2.27 bits per heavy atom. The first-order valence-corrected chi connectivity index (χ1v) is 10.6. The van der Waals surface area contributed by atoms with Crippen LogP contribution in [0.1, 0.15) is 12.0 Å². The SMILES string of the molecule is O=C1CC(N2CCN(Cc3ccccc3)CC2)C(=O)N1c1cccc2ccccc12. The standard InChI is InChI=1S/C25H25N3O2/c29-24-17-23(27-15-13-26(14-16-27)18-19-7-2-1-3-8-19)25(30)28(24)22-12-6-10-20-9-4-5-11-21(20)22/h1-12,23H,13-18H2. The zero-order valence-corrected chi connectivity index (χ0v) is 16.9. The maximum Gasteiger partial charge on any atom is 0.251 e. The monoisotopic (exact) mass is 399 g/mol. The molecule has 1 unspecified atom stereocenters. The van der Waals surface area contributed by atoms with Gasteiger partial charge in [0.25, 0.3) is 5.91 Å². The summed E-state index contributed by atoms with van der Waals surface area (Å²) in [6.45, 7) is 4.34. The highest BCUT2D eigenvalue weighted by molar-refractivity contribution is 6.25. The molecular formula is C25H25N3O2. The summed E-state index contributed by atoms with van der Waals surface area (Å²) in [5.41, 5.74) is 2.01. The molecule has 5 nitrogen and oxygen atoms in total. The van der Waals surface area contributed by atoms with Crippen molar-refractivity contribution in [1.29, 1.82) is 0 Å². The summed E-state index contributed by atoms with van der Waals surface area (Å²) in [6, 6.07) is 23.8. The van der Waals surface area contributed by atoms with Crippen LogP contribution >= 0.6 is 0 Å². The van der Waals surface area contributed by atoms with Gasteiger partial charge in [0.15, 0.2) is 0 Å². The Hall–Kier alpha value is -3.02. The smallest absolute Gasteiger partial charge is 0.251 e. The second kappa shape index (κ2) is 8.01. The lowest BCUT2D eigenvalue weighted by molar-refractivity contribution is -0.123. The molecule has 2 saturated heterocycles. The number of amides is 2. The Morgan fingerprint density at radius 1 is 0.767 bits per heavy atom.